The van der Waals surface area contributed by atoms with Gasteiger partial charge in [-0.15, -0.1) is 0 Å². The molecule has 1 aromatic carbocycles. The fourth-order valence-electron chi connectivity index (χ4n) is 1.18. The highest BCUT2D eigenvalue weighted by molar-refractivity contribution is 7.78. The SMILES string of the molecule is COc1cc(C)c(N=C=S)c(OC)c1. The first-order valence-electron chi connectivity index (χ1n) is 4.03. The maximum atomic E-state index is 5.16. The maximum absolute atomic E-state index is 5.16. The third kappa shape index (κ3) is 2.10. The lowest BCUT2D eigenvalue weighted by molar-refractivity contribution is 0.395. The maximum Gasteiger partial charge on any atom is 0.149 e. The average Bonchev–Trinajstić information content (AvgIpc) is 2.20. The first-order valence-corrected chi connectivity index (χ1v) is 4.44. The standard InChI is InChI=1S/C10H11NO2S/c1-7-4-8(12-2)5-9(13-3)10(7)11-6-14/h4-5H,1-3H3. The van der Waals surface area contributed by atoms with E-state index in [1.165, 1.54) is 0 Å². The van der Waals surface area contributed by atoms with Gasteiger partial charge in [-0.25, -0.2) is 0 Å². The summed E-state index contributed by atoms with van der Waals surface area (Å²) in [6.45, 7) is 1.91. The molecule has 0 aliphatic rings. The Morgan fingerprint density at radius 1 is 1.29 bits per heavy atom. The number of isothiocyanates is 1. The van der Waals surface area contributed by atoms with Crippen molar-refractivity contribution in [3.63, 3.8) is 0 Å². The lowest BCUT2D eigenvalue weighted by Crippen LogP contribution is -1.89. The molecule has 0 saturated heterocycles. The predicted molar refractivity (Wildman–Crippen MR) is 59.0 cm³/mol. The van der Waals surface area contributed by atoms with Crippen molar-refractivity contribution >= 4 is 23.1 Å². The van der Waals surface area contributed by atoms with Crippen molar-refractivity contribution in [2.45, 2.75) is 6.92 Å². The van der Waals surface area contributed by atoms with E-state index in [1.807, 2.05) is 13.0 Å². The minimum atomic E-state index is 0.638. The molecule has 0 aliphatic carbocycles. The van der Waals surface area contributed by atoms with E-state index in [2.05, 4.69) is 22.4 Å². The van der Waals surface area contributed by atoms with E-state index in [0.717, 1.165) is 11.3 Å². The van der Waals surface area contributed by atoms with Crippen LogP contribution in [0.1, 0.15) is 5.56 Å². The predicted octanol–water partition coefficient (Wildman–Crippen LogP) is 2.75. The van der Waals surface area contributed by atoms with E-state index in [-0.39, 0.29) is 0 Å². The van der Waals surface area contributed by atoms with Crippen LogP contribution < -0.4 is 9.47 Å². The van der Waals surface area contributed by atoms with Crippen LogP contribution in [0.5, 0.6) is 11.5 Å². The first-order chi connectivity index (χ1) is 6.72. The van der Waals surface area contributed by atoms with E-state index in [0.29, 0.717) is 11.4 Å². The number of hydrogen-bond acceptors (Lipinski definition) is 4. The summed E-state index contributed by atoms with van der Waals surface area (Å²) in [6.07, 6.45) is 0. The summed E-state index contributed by atoms with van der Waals surface area (Å²) >= 11 is 4.56. The Kier molecular flexibility index (Phi) is 3.63. The van der Waals surface area contributed by atoms with Crippen LogP contribution in [-0.2, 0) is 0 Å². The number of aliphatic imine (C=N–C) groups is 1. The molecule has 0 heterocycles. The second kappa shape index (κ2) is 4.74. The van der Waals surface area contributed by atoms with Gasteiger partial charge < -0.3 is 9.47 Å². The average molecular weight is 209 g/mol. The van der Waals surface area contributed by atoms with E-state index in [9.17, 15) is 0 Å². The number of nitrogens with zero attached hydrogens (tertiary/aromatic N) is 1. The lowest BCUT2D eigenvalue weighted by Gasteiger charge is -2.08. The molecule has 74 valence electrons. The topological polar surface area (TPSA) is 30.8 Å². The smallest absolute Gasteiger partial charge is 0.149 e. The fraction of sp³-hybridized carbons (Fsp3) is 0.300. The van der Waals surface area contributed by atoms with E-state index in [1.54, 1.807) is 20.3 Å². The largest absolute Gasteiger partial charge is 0.497 e. The Morgan fingerprint density at radius 3 is 2.50 bits per heavy atom. The normalized spacial score (nSPS) is 9.07. The molecule has 1 aromatic rings. The van der Waals surface area contributed by atoms with Crippen molar-refractivity contribution < 1.29 is 9.47 Å². The highest BCUT2D eigenvalue weighted by Gasteiger charge is 2.07. The molecule has 0 aliphatic heterocycles. The van der Waals surface area contributed by atoms with Crippen molar-refractivity contribution in [1.82, 2.24) is 0 Å². The van der Waals surface area contributed by atoms with Gasteiger partial charge in [0.25, 0.3) is 0 Å². The number of ether oxygens (including phenoxy) is 2. The van der Waals surface area contributed by atoms with Gasteiger partial charge in [-0.05, 0) is 30.8 Å². The number of rotatable bonds is 3. The number of benzene rings is 1. The van der Waals surface area contributed by atoms with Gasteiger partial charge in [-0.2, -0.15) is 4.99 Å². The highest BCUT2D eigenvalue weighted by atomic mass is 32.1. The monoisotopic (exact) mass is 209 g/mol. The quantitative estimate of drug-likeness (QED) is 0.566. The molecular formula is C10H11NO2S. The molecule has 1 rings (SSSR count). The van der Waals surface area contributed by atoms with Gasteiger partial charge in [0.2, 0.25) is 0 Å². The van der Waals surface area contributed by atoms with E-state index < -0.39 is 0 Å². The van der Waals surface area contributed by atoms with Gasteiger partial charge >= 0.3 is 0 Å². The minimum Gasteiger partial charge on any atom is -0.497 e. The van der Waals surface area contributed by atoms with E-state index >= 15 is 0 Å². The highest BCUT2D eigenvalue weighted by Crippen LogP contribution is 2.34. The van der Waals surface area contributed by atoms with Crippen molar-refractivity contribution in [3.8, 4) is 11.5 Å². The Bertz CT molecular complexity index is 384. The van der Waals surface area contributed by atoms with Crippen molar-refractivity contribution in [2.24, 2.45) is 4.99 Å². The molecule has 0 aromatic heterocycles. The second-order valence-electron chi connectivity index (χ2n) is 2.70. The summed E-state index contributed by atoms with van der Waals surface area (Å²) in [5.74, 6) is 1.38. The molecule has 14 heavy (non-hydrogen) atoms. The third-order valence-corrected chi connectivity index (χ3v) is 1.94. The zero-order chi connectivity index (χ0) is 10.6. The lowest BCUT2D eigenvalue weighted by atomic mass is 10.2. The number of hydrogen-bond donors (Lipinski definition) is 0. The van der Waals surface area contributed by atoms with Crippen LogP contribution in [0.2, 0.25) is 0 Å². The molecular weight excluding hydrogens is 198 g/mol. The molecule has 0 fully saturated rings. The van der Waals surface area contributed by atoms with E-state index in [4.69, 9.17) is 9.47 Å². The van der Waals surface area contributed by atoms with Gasteiger partial charge in [0.1, 0.15) is 17.2 Å². The molecule has 0 amide bonds. The summed E-state index contributed by atoms with van der Waals surface area (Å²) in [7, 11) is 3.19. The number of aryl methyl sites for hydroxylation is 1. The Balaban J connectivity index is 3.34. The Morgan fingerprint density at radius 2 is 2.00 bits per heavy atom. The molecule has 4 heteroatoms. The molecule has 3 nitrogen and oxygen atoms in total. The summed E-state index contributed by atoms with van der Waals surface area (Å²) in [6, 6.07) is 3.63. The zero-order valence-corrected chi connectivity index (χ0v) is 9.14. The second-order valence-corrected chi connectivity index (χ2v) is 2.88. The number of methoxy groups -OCH3 is 2. The van der Waals surface area contributed by atoms with Gasteiger partial charge in [0.15, 0.2) is 0 Å². The molecule has 0 spiro atoms. The third-order valence-electron chi connectivity index (χ3n) is 1.85. The zero-order valence-electron chi connectivity index (χ0n) is 8.33. The van der Waals surface area contributed by atoms with Crippen LogP contribution in [-0.4, -0.2) is 19.4 Å². The molecule has 0 radical (unpaired) electrons. The minimum absolute atomic E-state index is 0.638. The molecule has 0 N–H and O–H groups in total. The summed E-state index contributed by atoms with van der Waals surface area (Å²) in [5.41, 5.74) is 1.64. The summed E-state index contributed by atoms with van der Waals surface area (Å²) < 4.78 is 10.3. The van der Waals surface area contributed by atoms with Crippen LogP contribution in [0.15, 0.2) is 17.1 Å². The van der Waals surface area contributed by atoms with Crippen LogP contribution in [0.3, 0.4) is 0 Å². The van der Waals surface area contributed by atoms with Crippen LogP contribution in [0.25, 0.3) is 0 Å². The van der Waals surface area contributed by atoms with Crippen molar-refractivity contribution in [2.75, 3.05) is 14.2 Å². The van der Waals surface area contributed by atoms with Crippen LogP contribution in [0.4, 0.5) is 5.69 Å². The Hall–Kier alpha value is -1.38. The summed E-state index contributed by atoms with van der Waals surface area (Å²) in [5, 5.41) is 2.32. The number of thiocarbonyl (C=S) groups is 1. The van der Waals surface area contributed by atoms with Crippen molar-refractivity contribution in [1.29, 1.82) is 0 Å². The van der Waals surface area contributed by atoms with Gasteiger partial charge in [-0.3, -0.25) is 0 Å². The fourth-order valence-corrected chi connectivity index (χ4v) is 1.27. The van der Waals surface area contributed by atoms with Gasteiger partial charge in [0.05, 0.1) is 19.4 Å². The first kappa shape index (κ1) is 10.7. The van der Waals surface area contributed by atoms with Crippen LogP contribution in [0, 0.1) is 6.92 Å². The van der Waals surface area contributed by atoms with Gasteiger partial charge in [0, 0.05) is 6.07 Å². The van der Waals surface area contributed by atoms with Gasteiger partial charge in [-0.1, -0.05) is 0 Å². The van der Waals surface area contributed by atoms with Crippen LogP contribution >= 0.6 is 12.2 Å². The molecule has 0 saturated carbocycles. The summed E-state index contributed by atoms with van der Waals surface area (Å²) in [4.78, 5) is 3.94. The molecule has 0 unspecified atom stereocenters. The molecule has 0 bridgehead atoms. The Labute approximate surface area is 88.4 Å². The van der Waals surface area contributed by atoms with Crippen molar-refractivity contribution in [3.05, 3.63) is 17.7 Å². The molecule has 0 atom stereocenters.